The molecule has 2 aromatic carbocycles. The largest absolute Gasteiger partial charge is 0.507 e. The van der Waals surface area contributed by atoms with Crippen molar-refractivity contribution in [1.29, 1.82) is 0 Å². The summed E-state index contributed by atoms with van der Waals surface area (Å²) in [5.74, 6) is -1.29. The molecule has 0 aliphatic carbocycles. The molecule has 1 unspecified atom stereocenters. The number of anilines is 1. The summed E-state index contributed by atoms with van der Waals surface area (Å²) >= 11 is 0. The fourth-order valence-corrected chi connectivity index (χ4v) is 4.35. The van der Waals surface area contributed by atoms with Crippen molar-refractivity contribution in [2.45, 2.75) is 32.2 Å². The van der Waals surface area contributed by atoms with Gasteiger partial charge in [0.1, 0.15) is 17.6 Å². The van der Waals surface area contributed by atoms with Crippen molar-refractivity contribution in [2.75, 3.05) is 4.90 Å². The number of aromatic nitrogens is 1. The number of carbonyl (C=O) groups excluding carboxylic acids is 2. The molecule has 2 aromatic heterocycles. The average Bonchev–Trinajstić information content (AvgIpc) is 3.52. The summed E-state index contributed by atoms with van der Waals surface area (Å²) in [4.78, 5) is 31.0. The molecule has 0 spiro atoms. The van der Waals surface area contributed by atoms with Gasteiger partial charge in [0.05, 0.1) is 11.8 Å². The van der Waals surface area contributed by atoms with Crippen LogP contribution >= 0.6 is 0 Å². The van der Waals surface area contributed by atoms with Crippen LogP contribution in [0.1, 0.15) is 43.7 Å². The van der Waals surface area contributed by atoms with Crippen LogP contribution in [0.25, 0.3) is 16.7 Å². The summed E-state index contributed by atoms with van der Waals surface area (Å²) in [7, 11) is 0. The minimum atomic E-state index is -0.880. The monoisotopic (exact) mass is 440 g/mol. The van der Waals surface area contributed by atoms with Crippen molar-refractivity contribution < 1.29 is 19.1 Å². The quantitative estimate of drug-likeness (QED) is 0.244. The van der Waals surface area contributed by atoms with E-state index in [-0.39, 0.29) is 16.7 Å². The van der Waals surface area contributed by atoms with Crippen LogP contribution in [-0.2, 0) is 15.0 Å². The Labute approximate surface area is 191 Å². The van der Waals surface area contributed by atoms with Gasteiger partial charge in [0.15, 0.2) is 0 Å². The number of aromatic amines is 1. The fraction of sp³-hybridized carbons (Fsp3) is 0.185. The molecular formula is C27H24N2O4. The summed E-state index contributed by atoms with van der Waals surface area (Å²) in [5.41, 5.74) is 2.90. The highest BCUT2D eigenvalue weighted by atomic mass is 16.3. The maximum absolute atomic E-state index is 13.2. The van der Waals surface area contributed by atoms with Crippen molar-refractivity contribution in [3.05, 3.63) is 95.6 Å². The molecule has 1 atom stereocenters. The molecule has 0 bridgehead atoms. The van der Waals surface area contributed by atoms with E-state index in [1.165, 1.54) is 11.2 Å². The van der Waals surface area contributed by atoms with Crippen molar-refractivity contribution in [2.24, 2.45) is 0 Å². The Morgan fingerprint density at radius 3 is 2.39 bits per heavy atom. The van der Waals surface area contributed by atoms with Gasteiger partial charge >= 0.3 is 0 Å². The number of aliphatic hydroxyl groups excluding tert-OH is 1. The van der Waals surface area contributed by atoms with Crippen LogP contribution in [0.4, 0.5) is 5.69 Å². The number of H-pyrrole nitrogens is 1. The van der Waals surface area contributed by atoms with Crippen molar-refractivity contribution >= 4 is 34.0 Å². The van der Waals surface area contributed by atoms with Gasteiger partial charge in [-0.1, -0.05) is 51.1 Å². The van der Waals surface area contributed by atoms with Crippen molar-refractivity contribution in [1.82, 2.24) is 4.98 Å². The molecule has 6 nitrogen and oxygen atoms in total. The lowest BCUT2D eigenvalue weighted by Crippen LogP contribution is -2.29. The Bertz CT molecular complexity index is 1390. The van der Waals surface area contributed by atoms with Crippen LogP contribution in [0.3, 0.4) is 0 Å². The van der Waals surface area contributed by atoms with Gasteiger partial charge < -0.3 is 14.5 Å². The number of nitrogens with one attached hydrogen (secondary N) is 1. The fourth-order valence-electron chi connectivity index (χ4n) is 4.35. The van der Waals surface area contributed by atoms with Gasteiger partial charge in [0, 0.05) is 28.4 Å². The summed E-state index contributed by atoms with van der Waals surface area (Å²) in [6.07, 6.45) is 3.13. The van der Waals surface area contributed by atoms with Gasteiger partial charge in [-0.05, 0) is 41.3 Å². The zero-order valence-electron chi connectivity index (χ0n) is 18.6. The summed E-state index contributed by atoms with van der Waals surface area (Å²) in [6.45, 7) is 6.33. The first-order valence-corrected chi connectivity index (χ1v) is 10.8. The predicted octanol–water partition coefficient (Wildman–Crippen LogP) is 5.68. The number of Topliss-reactive ketones (excluding diaryl/α,β-unsaturated/α-hetero) is 1. The number of furan rings is 1. The van der Waals surface area contributed by atoms with Crippen LogP contribution in [0.15, 0.2) is 83.1 Å². The average molecular weight is 440 g/mol. The second-order valence-electron chi connectivity index (χ2n) is 9.23. The molecule has 5 rings (SSSR count). The standard InChI is InChI=1S/C27H24N2O4/c1-27(2,3)16-10-12-17(13-11-16)29-23(21-9-6-14-33-21)22(25(31)26(29)32)24(30)19-15-28-20-8-5-4-7-18(19)20/h4-15,23,28,30H,1-3H3/b24-22-. The first kappa shape index (κ1) is 20.8. The molecule has 166 valence electrons. The van der Waals surface area contributed by atoms with Crippen molar-refractivity contribution in [3.63, 3.8) is 0 Å². The van der Waals surface area contributed by atoms with Gasteiger partial charge in [-0.2, -0.15) is 0 Å². The normalized spacial score (nSPS) is 18.4. The molecule has 2 N–H and O–H groups in total. The van der Waals surface area contributed by atoms with E-state index in [2.05, 4.69) is 25.8 Å². The van der Waals surface area contributed by atoms with E-state index in [1.54, 1.807) is 18.3 Å². The lowest BCUT2D eigenvalue weighted by molar-refractivity contribution is -0.132. The van der Waals surface area contributed by atoms with E-state index in [4.69, 9.17) is 4.42 Å². The third kappa shape index (κ3) is 3.35. The smallest absolute Gasteiger partial charge is 0.300 e. The van der Waals surface area contributed by atoms with Crippen LogP contribution in [0, 0.1) is 0 Å². The third-order valence-corrected chi connectivity index (χ3v) is 6.11. The number of fused-ring (bicyclic) bond motifs is 1. The number of rotatable bonds is 3. The van der Waals surface area contributed by atoms with E-state index >= 15 is 0 Å². The minimum absolute atomic E-state index is 0.000369. The number of hydrogen-bond acceptors (Lipinski definition) is 4. The van der Waals surface area contributed by atoms with E-state index in [0.29, 0.717) is 17.0 Å². The molecule has 0 saturated carbocycles. The molecule has 0 radical (unpaired) electrons. The van der Waals surface area contributed by atoms with Crippen LogP contribution in [0.5, 0.6) is 0 Å². The minimum Gasteiger partial charge on any atom is -0.507 e. The van der Waals surface area contributed by atoms with Crippen LogP contribution < -0.4 is 4.90 Å². The maximum atomic E-state index is 13.2. The first-order valence-electron chi connectivity index (χ1n) is 10.8. The summed E-state index contributed by atoms with van der Waals surface area (Å²) in [5, 5.41) is 12.1. The molecule has 1 aliphatic rings. The van der Waals surface area contributed by atoms with Crippen LogP contribution in [-0.4, -0.2) is 21.8 Å². The number of nitrogens with zero attached hydrogens (tertiary/aromatic N) is 1. The van der Waals surface area contributed by atoms with Gasteiger partial charge in [0.2, 0.25) is 0 Å². The number of benzene rings is 2. The highest BCUT2D eigenvalue weighted by Crippen LogP contribution is 2.43. The molecule has 4 aromatic rings. The SMILES string of the molecule is CC(C)(C)c1ccc(N2C(=O)C(=O)/C(=C(\O)c3c[nH]c4ccccc34)C2c2ccco2)cc1. The Morgan fingerprint density at radius 2 is 1.73 bits per heavy atom. The molecule has 3 heterocycles. The Kier molecular flexibility index (Phi) is 4.74. The Morgan fingerprint density at radius 1 is 1.00 bits per heavy atom. The molecule has 33 heavy (non-hydrogen) atoms. The summed E-state index contributed by atoms with van der Waals surface area (Å²) in [6, 6.07) is 17.5. The van der Waals surface area contributed by atoms with E-state index in [1.807, 2.05) is 48.5 Å². The summed E-state index contributed by atoms with van der Waals surface area (Å²) < 4.78 is 5.63. The van der Waals surface area contributed by atoms with Gasteiger partial charge in [-0.3, -0.25) is 14.5 Å². The number of carbonyl (C=O) groups is 2. The lowest BCUT2D eigenvalue weighted by Gasteiger charge is -2.25. The molecule has 1 amide bonds. The van der Waals surface area contributed by atoms with Gasteiger partial charge in [0.25, 0.3) is 11.7 Å². The van der Waals surface area contributed by atoms with E-state index < -0.39 is 17.7 Å². The lowest BCUT2D eigenvalue weighted by atomic mass is 9.87. The number of amides is 1. The van der Waals surface area contributed by atoms with Crippen LogP contribution in [0.2, 0.25) is 0 Å². The molecule has 6 heteroatoms. The predicted molar refractivity (Wildman–Crippen MR) is 127 cm³/mol. The van der Waals surface area contributed by atoms with E-state index in [0.717, 1.165) is 16.5 Å². The Balaban J connectivity index is 1.68. The molecule has 1 fully saturated rings. The number of hydrogen-bond donors (Lipinski definition) is 2. The second kappa shape index (κ2) is 7.52. The zero-order chi connectivity index (χ0) is 23.3. The molecule has 1 aliphatic heterocycles. The highest BCUT2D eigenvalue weighted by Gasteiger charge is 2.48. The van der Waals surface area contributed by atoms with Crippen molar-refractivity contribution in [3.8, 4) is 0 Å². The number of para-hydroxylation sites is 1. The topological polar surface area (TPSA) is 86.5 Å². The highest BCUT2D eigenvalue weighted by molar-refractivity contribution is 6.51. The van der Waals surface area contributed by atoms with Gasteiger partial charge in [-0.25, -0.2) is 0 Å². The number of ketones is 1. The Hall–Kier alpha value is -4.06. The first-order chi connectivity index (χ1) is 15.8. The zero-order valence-corrected chi connectivity index (χ0v) is 18.6. The number of aliphatic hydroxyl groups is 1. The van der Waals surface area contributed by atoms with E-state index in [9.17, 15) is 14.7 Å². The second-order valence-corrected chi connectivity index (χ2v) is 9.23. The molecular weight excluding hydrogens is 416 g/mol. The maximum Gasteiger partial charge on any atom is 0.300 e. The molecule has 1 saturated heterocycles. The third-order valence-electron chi connectivity index (χ3n) is 6.11. The van der Waals surface area contributed by atoms with Gasteiger partial charge in [-0.15, -0.1) is 0 Å².